The third kappa shape index (κ3) is 4.08. The minimum Gasteiger partial charge on any atom is -0.466 e. The number of anilines is 2. The maximum atomic E-state index is 15.1. The molecular weight excluding hydrogens is 521 g/mol. The van der Waals surface area contributed by atoms with Gasteiger partial charge in [-0.3, -0.25) is 0 Å². The van der Waals surface area contributed by atoms with Crippen molar-refractivity contribution in [2.45, 2.75) is 30.2 Å². The summed E-state index contributed by atoms with van der Waals surface area (Å²) in [7, 11) is 0. The molecule has 0 amide bonds. The first-order chi connectivity index (χ1) is 18.4. The maximum Gasteiger partial charge on any atom is 0.264 e. The number of aromatic nitrogens is 5. The molecule has 1 aliphatic carbocycles. The van der Waals surface area contributed by atoms with Gasteiger partial charge in [-0.1, -0.05) is 16.9 Å². The van der Waals surface area contributed by atoms with E-state index in [2.05, 4.69) is 35.4 Å². The minimum atomic E-state index is -1.60. The average molecular weight is 543 g/mol. The van der Waals surface area contributed by atoms with Gasteiger partial charge in [-0.15, -0.1) is 0 Å². The van der Waals surface area contributed by atoms with Crippen molar-refractivity contribution in [3.8, 4) is 5.88 Å². The number of nitrogens with two attached hydrogens (primary N) is 1. The van der Waals surface area contributed by atoms with Crippen molar-refractivity contribution in [3.05, 3.63) is 59.8 Å². The number of rotatable bonds is 8. The summed E-state index contributed by atoms with van der Waals surface area (Å²) >= 11 is 1.09. The Hall–Kier alpha value is -3.94. The van der Waals surface area contributed by atoms with Crippen LogP contribution in [0.15, 0.2) is 46.2 Å². The lowest BCUT2D eigenvalue weighted by atomic mass is 9.84. The number of amidine groups is 1. The molecule has 0 spiro atoms. The first kappa shape index (κ1) is 24.4. The number of ether oxygens (including phenoxy) is 1. The molecule has 1 fully saturated rings. The van der Waals surface area contributed by atoms with Gasteiger partial charge < -0.3 is 20.3 Å². The van der Waals surface area contributed by atoms with Crippen LogP contribution in [0.5, 0.6) is 5.88 Å². The molecule has 3 aromatic heterocycles. The molecule has 10 nitrogen and oxygen atoms in total. The van der Waals surface area contributed by atoms with Crippen molar-refractivity contribution in [1.82, 2.24) is 25.1 Å². The van der Waals surface area contributed by atoms with Crippen LogP contribution in [0.25, 0.3) is 11.0 Å². The SMILES string of the molecule is Cc1noc(COc2cnc3c(Nc4ccc(F)c([C@@]5(CF)N=C(N)S[C@@]6(CF)C[C@H]65)c4)nccc3n2)n1. The highest BCUT2D eigenvalue weighted by atomic mass is 32.2. The molecule has 4 aromatic rings. The second-order valence-electron chi connectivity index (χ2n) is 9.14. The van der Waals surface area contributed by atoms with Crippen molar-refractivity contribution < 1.29 is 22.4 Å². The number of halogens is 3. The summed E-state index contributed by atoms with van der Waals surface area (Å²) in [5.41, 5.74) is 5.67. The molecule has 196 valence electrons. The largest absolute Gasteiger partial charge is 0.466 e. The average Bonchev–Trinajstić information content (AvgIpc) is 3.52. The molecule has 0 saturated heterocycles. The molecule has 2 aliphatic rings. The van der Waals surface area contributed by atoms with Gasteiger partial charge in [0.2, 0.25) is 5.88 Å². The summed E-state index contributed by atoms with van der Waals surface area (Å²) < 4.78 is 53.3. The van der Waals surface area contributed by atoms with E-state index in [0.717, 1.165) is 11.8 Å². The maximum absolute atomic E-state index is 15.1. The van der Waals surface area contributed by atoms with E-state index < -0.39 is 35.4 Å². The third-order valence-electron chi connectivity index (χ3n) is 6.69. The van der Waals surface area contributed by atoms with Crippen molar-refractivity contribution in [1.29, 1.82) is 0 Å². The smallest absolute Gasteiger partial charge is 0.264 e. The molecule has 0 unspecified atom stereocenters. The van der Waals surface area contributed by atoms with E-state index in [1.807, 2.05) is 0 Å². The Kier molecular flexibility index (Phi) is 5.85. The molecule has 6 rings (SSSR count). The second kappa shape index (κ2) is 9.11. The summed E-state index contributed by atoms with van der Waals surface area (Å²) in [6.45, 7) is 0.0255. The molecule has 1 saturated carbocycles. The van der Waals surface area contributed by atoms with Crippen LogP contribution >= 0.6 is 11.8 Å². The first-order valence-electron chi connectivity index (χ1n) is 11.6. The van der Waals surface area contributed by atoms with E-state index >= 15 is 4.39 Å². The van der Waals surface area contributed by atoms with Crippen LogP contribution < -0.4 is 15.8 Å². The number of hydrogen-bond donors (Lipinski definition) is 2. The summed E-state index contributed by atoms with van der Waals surface area (Å²) in [5, 5.41) is 6.85. The number of nitrogens with zero attached hydrogens (tertiary/aromatic N) is 6. The molecule has 14 heteroatoms. The standard InChI is InChI=1S/C24H21F3N8O2S/c1-12-31-19(37-35-12)9-36-18-8-30-20-16(33-18)4-5-29-21(20)32-13-2-3-15(27)14(6-13)24(11-26)17-7-23(17,10-25)38-22(28)34-24/h2-6,8,17H,7,9-11H2,1H3,(H2,28,34)(H,29,32)/t17-,23-,24-/m1/s1. The molecule has 3 atom stereocenters. The highest BCUT2D eigenvalue weighted by Gasteiger charge is 2.68. The van der Waals surface area contributed by atoms with Crippen LogP contribution in [-0.4, -0.2) is 48.4 Å². The van der Waals surface area contributed by atoms with Crippen molar-refractivity contribution in [3.63, 3.8) is 0 Å². The Morgan fingerprint density at radius 1 is 1.21 bits per heavy atom. The fraction of sp³-hybridized carbons (Fsp3) is 0.333. The van der Waals surface area contributed by atoms with Crippen LogP contribution in [-0.2, 0) is 12.1 Å². The summed E-state index contributed by atoms with van der Waals surface area (Å²) in [4.78, 5) is 21.6. The van der Waals surface area contributed by atoms with Crippen molar-refractivity contribution >= 4 is 39.5 Å². The Balaban J connectivity index is 1.29. The third-order valence-corrected chi connectivity index (χ3v) is 7.96. The zero-order chi connectivity index (χ0) is 26.5. The highest BCUT2D eigenvalue weighted by Crippen LogP contribution is 2.66. The normalized spacial score (nSPS) is 24.1. The predicted molar refractivity (Wildman–Crippen MR) is 134 cm³/mol. The van der Waals surface area contributed by atoms with E-state index in [-0.39, 0.29) is 23.2 Å². The van der Waals surface area contributed by atoms with Gasteiger partial charge in [0.05, 0.1) is 16.5 Å². The minimum absolute atomic E-state index is 0.00634. The van der Waals surface area contributed by atoms with Gasteiger partial charge in [-0.25, -0.2) is 33.1 Å². The molecule has 38 heavy (non-hydrogen) atoms. The molecule has 0 radical (unpaired) electrons. The predicted octanol–water partition coefficient (Wildman–Crippen LogP) is 4.13. The Labute approximate surface area is 218 Å². The second-order valence-corrected chi connectivity index (χ2v) is 10.6. The number of pyridine rings is 1. The van der Waals surface area contributed by atoms with E-state index in [9.17, 15) is 8.78 Å². The van der Waals surface area contributed by atoms with Crippen LogP contribution in [0.2, 0.25) is 0 Å². The van der Waals surface area contributed by atoms with Gasteiger partial charge in [-0.2, -0.15) is 4.98 Å². The van der Waals surface area contributed by atoms with E-state index in [4.69, 9.17) is 15.0 Å². The van der Waals surface area contributed by atoms with Gasteiger partial charge in [0.25, 0.3) is 5.89 Å². The monoisotopic (exact) mass is 542 g/mol. The van der Waals surface area contributed by atoms with Crippen molar-refractivity contribution in [2.75, 3.05) is 18.7 Å². The number of aryl methyl sites for hydroxylation is 1. The molecule has 0 bridgehead atoms. The van der Waals surface area contributed by atoms with Gasteiger partial charge in [0.1, 0.15) is 30.2 Å². The Bertz CT molecular complexity index is 1570. The summed E-state index contributed by atoms with van der Waals surface area (Å²) in [6.07, 6.45) is 3.31. The van der Waals surface area contributed by atoms with Gasteiger partial charge in [0, 0.05) is 23.4 Å². The highest BCUT2D eigenvalue weighted by molar-refractivity contribution is 8.15. The van der Waals surface area contributed by atoms with Crippen molar-refractivity contribution in [2.24, 2.45) is 16.6 Å². The van der Waals surface area contributed by atoms with Crippen LogP contribution in [0.1, 0.15) is 23.7 Å². The summed E-state index contributed by atoms with van der Waals surface area (Å²) in [5.74, 6) is 0.215. The number of thioether (sulfide) groups is 1. The van der Waals surface area contributed by atoms with E-state index in [1.54, 1.807) is 13.0 Å². The number of fused-ring (bicyclic) bond motifs is 2. The number of hydrogen-bond acceptors (Lipinski definition) is 11. The molecular formula is C24H21F3N8O2S. The lowest BCUT2D eigenvalue weighted by Gasteiger charge is -2.34. The molecule has 1 aromatic carbocycles. The van der Waals surface area contributed by atoms with Crippen LogP contribution in [0, 0.1) is 18.7 Å². The lowest BCUT2D eigenvalue weighted by molar-refractivity contribution is 0.235. The Morgan fingerprint density at radius 3 is 2.84 bits per heavy atom. The molecule has 3 N–H and O–H groups in total. The summed E-state index contributed by atoms with van der Waals surface area (Å²) in [6, 6.07) is 5.82. The lowest BCUT2D eigenvalue weighted by Crippen LogP contribution is -2.40. The van der Waals surface area contributed by atoms with Crippen LogP contribution in [0.3, 0.4) is 0 Å². The zero-order valence-corrected chi connectivity index (χ0v) is 20.8. The number of benzene rings is 1. The van der Waals surface area contributed by atoms with E-state index in [1.165, 1.54) is 30.6 Å². The van der Waals surface area contributed by atoms with E-state index in [0.29, 0.717) is 40.7 Å². The number of nitrogens with one attached hydrogen (secondary N) is 1. The number of alkyl halides is 2. The van der Waals surface area contributed by atoms with Gasteiger partial charge in [0.15, 0.2) is 23.4 Å². The quantitative estimate of drug-likeness (QED) is 0.334. The van der Waals surface area contributed by atoms with Gasteiger partial charge in [-0.05, 0) is 37.6 Å². The first-order valence-corrected chi connectivity index (χ1v) is 12.4. The van der Waals surface area contributed by atoms with Gasteiger partial charge >= 0.3 is 0 Å². The number of aliphatic imine (C=N–C) groups is 1. The van der Waals surface area contributed by atoms with Crippen LogP contribution in [0.4, 0.5) is 24.7 Å². The topological polar surface area (TPSA) is 137 Å². The molecule has 4 heterocycles. The Morgan fingerprint density at radius 2 is 2.08 bits per heavy atom. The fourth-order valence-electron chi connectivity index (χ4n) is 4.82. The molecule has 1 aliphatic heterocycles. The zero-order valence-electron chi connectivity index (χ0n) is 20.0. The fourth-order valence-corrected chi connectivity index (χ4v) is 6.09.